The number of hydrogen-bond donors (Lipinski definition) is 2. The number of aromatic hydroxyl groups is 1. The molecule has 0 aromatic heterocycles. The van der Waals surface area contributed by atoms with Crippen LogP contribution in [-0.4, -0.2) is 5.11 Å². The van der Waals surface area contributed by atoms with Crippen LogP contribution in [0.1, 0.15) is 16.7 Å². The summed E-state index contributed by atoms with van der Waals surface area (Å²) >= 11 is 3.26. The highest BCUT2D eigenvalue weighted by Crippen LogP contribution is 2.28. The third kappa shape index (κ3) is 2.90. The second kappa shape index (κ2) is 6.10. The Morgan fingerprint density at radius 1 is 1.10 bits per heavy atom. The Bertz CT molecular complexity index is 729. The summed E-state index contributed by atoms with van der Waals surface area (Å²) in [5.74, 6) is 0.189. The predicted molar refractivity (Wildman–Crippen MR) is 79.0 cm³/mol. The summed E-state index contributed by atoms with van der Waals surface area (Å²) in [4.78, 5) is 0. The van der Waals surface area contributed by atoms with Crippen molar-refractivity contribution in [2.45, 2.75) is 6.54 Å². The first kappa shape index (κ1) is 13.9. The van der Waals surface area contributed by atoms with Crippen molar-refractivity contribution < 1.29 is 5.11 Å². The van der Waals surface area contributed by atoms with E-state index in [0.29, 0.717) is 22.1 Å². The van der Waals surface area contributed by atoms with Crippen molar-refractivity contribution in [3.63, 3.8) is 0 Å². The minimum absolute atomic E-state index is 0.189. The molecule has 5 heteroatoms. The minimum atomic E-state index is 0.189. The van der Waals surface area contributed by atoms with Crippen LogP contribution in [0.25, 0.3) is 0 Å². The molecular weight excluding hydrogens is 318 g/mol. The van der Waals surface area contributed by atoms with Crippen LogP contribution in [0.3, 0.4) is 0 Å². The summed E-state index contributed by atoms with van der Waals surface area (Å²) in [5.41, 5.74) is 2.14. The zero-order valence-electron chi connectivity index (χ0n) is 10.4. The molecule has 0 unspecified atom stereocenters. The molecule has 2 rings (SSSR count). The van der Waals surface area contributed by atoms with Crippen LogP contribution in [0, 0.1) is 22.7 Å². The minimum Gasteiger partial charge on any atom is -0.506 e. The average molecular weight is 328 g/mol. The smallest absolute Gasteiger partial charge is 0.134 e. The number of hydrogen-bond acceptors (Lipinski definition) is 4. The molecule has 2 aromatic carbocycles. The van der Waals surface area contributed by atoms with Crippen LogP contribution in [0.4, 0.5) is 5.69 Å². The lowest BCUT2D eigenvalue weighted by atomic mass is 10.1. The average Bonchev–Trinajstić information content (AvgIpc) is 2.48. The summed E-state index contributed by atoms with van der Waals surface area (Å²) in [6.45, 7) is 0.419. The Hall–Kier alpha value is -2.50. The largest absolute Gasteiger partial charge is 0.506 e. The van der Waals surface area contributed by atoms with Gasteiger partial charge in [0.25, 0.3) is 0 Å². The number of nitriles is 2. The molecule has 4 nitrogen and oxygen atoms in total. The molecule has 20 heavy (non-hydrogen) atoms. The number of halogens is 1. The fourth-order valence-corrected chi connectivity index (χ4v) is 2.15. The van der Waals surface area contributed by atoms with E-state index >= 15 is 0 Å². The van der Waals surface area contributed by atoms with Gasteiger partial charge in [-0.3, -0.25) is 0 Å². The molecule has 0 atom stereocenters. The van der Waals surface area contributed by atoms with E-state index in [1.54, 1.807) is 24.3 Å². The lowest BCUT2D eigenvalue weighted by Gasteiger charge is -2.09. The topological polar surface area (TPSA) is 79.8 Å². The molecule has 0 saturated carbocycles. The van der Waals surface area contributed by atoms with Crippen LogP contribution in [0.2, 0.25) is 0 Å². The molecule has 0 radical (unpaired) electrons. The van der Waals surface area contributed by atoms with Crippen molar-refractivity contribution in [1.82, 2.24) is 0 Å². The van der Waals surface area contributed by atoms with E-state index < -0.39 is 0 Å². The van der Waals surface area contributed by atoms with E-state index in [-0.39, 0.29) is 5.75 Å². The van der Waals surface area contributed by atoms with Crippen molar-refractivity contribution in [3.8, 4) is 17.9 Å². The molecule has 2 N–H and O–H groups in total. The number of nitrogens with zero attached hydrogens (tertiary/aromatic N) is 2. The van der Waals surface area contributed by atoms with Gasteiger partial charge in [-0.2, -0.15) is 10.5 Å². The summed E-state index contributed by atoms with van der Waals surface area (Å²) in [5, 5.41) is 30.8. The molecule has 98 valence electrons. The van der Waals surface area contributed by atoms with E-state index in [0.717, 1.165) is 11.3 Å². The fraction of sp³-hybridized carbons (Fsp3) is 0.0667. The van der Waals surface area contributed by atoms with E-state index in [2.05, 4.69) is 21.2 Å². The van der Waals surface area contributed by atoms with Crippen LogP contribution >= 0.6 is 15.9 Å². The number of para-hydroxylation sites is 1. The molecule has 0 aliphatic carbocycles. The number of benzene rings is 2. The molecule has 0 fully saturated rings. The molecule has 2 aromatic rings. The zero-order chi connectivity index (χ0) is 14.5. The second-order valence-electron chi connectivity index (χ2n) is 4.09. The monoisotopic (exact) mass is 327 g/mol. The van der Waals surface area contributed by atoms with Gasteiger partial charge in [0.15, 0.2) is 0 Å². The van der Waals surface area contributed by atoms with Crippen molar-refractivity contribution in [3.05, 3.63) is 57.6 Å². The van der Waals surface area contributed by atoms with Crippen molar-refractivity contribution in [2.24, 2.45) is 0 Å². The standard InChI is InChI=1S/C15H10BrN3O/c16-14-3-1-2-11(15(14)20)9-19-13-5-4-10(7-17)12(6-13)8-18/h1-6,19-20H,9H2. The predicted octanol–water partition coefficient (Wildman–Crippen LogP) is 3.51. The highest BCUT2D eigenvalue weighted by molar-refractivity contribution is 9.10. The Labute approximate surface area is 125 Å². The van der Waals surface area contributed by atoms with Gasteiger partial charge in [-0.05, 0) is 40.2 Å². The van der Waals surface area contributed by atoms with Crippen LogP contribution in [-0.2, 0) is 6.54 Å². The van der Waals surface area contributed by atoms with Crippen molar-refractivity contribution in [1.29, 1.82) is 10.5 Å². The second-order valence-corrected chi connectivity index (χ2v) is 4.94. The van der Waals surface area contributed by atoms with Crippen LogP contribution in [0.5, 0.6) is 5.75 Å². The summed E-state index contributed by atoms with van der Waals surface area (Å²) in [6, 6.07) is 14.3. The van der Waals surface area contributed by atoms with E-state index in [9.17, 15) is 5.11 Å². The first-order valence-electron chi connectivity index (χ1n) is 5.80. The van der Waals surface area contributed by atoms with Gasteiger partial charge in [0.2, 0.25) is 0 Å². The molecular formula is C15H10BrN3O. The molecule has 0 spiro atoms. The number of phenolic OH excluding ortho intramolecular Hbond substituents is 1. The van der Waals surface area contributed by atoms with Crippen molar-refractivity contribution in [2.75, 3.05) is 5.32 Å². The van der Waals surface area contributed by atoms with Gasteiger partial charge in [-0.1, -0.05) is 12.1 Å². The van der Waals surface area contributed by atoms with Crippen molar-refractivity contribution >= 4 is 21.6 Å². The SMILES string of the molecule is N#Cc1ccc(NCc2cccc(Br)c2O)cc1C#N. The first-order valence-corrected chi connectivity index (χ1v) is 6.59. The molecule has 0 bridgehead atoms. The summed E-state index contributed by atoms with van der Waals surface area (Å²) < 4.78 is 0.634. The van der Waals surface area contributed by atoms with Crippen LogP contribution < -0.4 is 5.32 Å². The fourth-order valence-electron chi connectivity index (χ4n) is 1.74. The van der Waals surface area contributed by atoms with Gasteiger partial charge < -0.3 is 10.4 Å². The summed E-state index contributed by atoms with van der Waals surface area (Å²) in [7, 11) is 0. The third-order valence-corrected chi connectivity index (χ3v) is 3.45. The Kier molecular flexibility index (Phi) is 4.24. The van der Waals surface area contributed by atoms with Gasteiger partial charge >= 0.3 is 0 Å². The Balaban J connectivity index is 2.18. The Morgan fingerprint density at radius 2 is 1.85 bits per heavy atom. The number of phenols is 1. The maximum atomic E-state index is 9.88. The summed E-state index contributed by atoms with van der Waals surface area (Å²) in [6.07, 6.45) is 0. The van der Waals surface area contributed by atoms with Gasteiger partial charge in [-0.25, -0.2) is 0 Å². The highest BCUT2D eigenvalue weighted by atomic mass is 79.9. The van der Waals surface area contributed by atoms with Gasteiger partial charge in [0.1, 0.15) is 17.9 Å². The van der Waals surface area contributed by atoms with E-state index in [1.165, 1.54) is 0 Å². The third-order valence-electron chi connectivity index (χ3n) is 2.81. The van der Waals surface area contributed by atoms with Gasteiger partial charge in [0.05, 0.1) is 15.6 Å². The lowest BCUT2D eigenvalue weighted by Crippen LogP contribution is -2.00. The normalized spacial score (nSPS) is 9.55. The number of nitrogens with one attached hydrogen (secondary N) is 1. The van der Waals surface area contributed by atoms with Gasteiger partial charge in [0, 0.05) is 17.8 Å². The number of anilines is 1. The first-order chi connectivity index (χ1) is 9.65. The maximum absolute atomic E-state index is 9.88. The molecule has 0 amide bonds. The van der Waals surface area contributed by atoms with E-state index in [1.807, 2.05) is 24.3 Å². The zero-order valence-corrected chi connectivity index (χ0v) is 12.0. The quantitative estimate of drug-likeness (QED) is 0.903. The van der Waals surface area contributed by atoms with Crippen LogP contribution in [0.15, 0.2) is 40.9 Å². The van der Waals surface area contributed by atoms with E-state index in [4.69, 9.17) is 10.5 Å². The molecule has 0 heterocycles. The molecule has 0 saturated heterocycles. The van der Waals surface area contributed by atoms with Gasteiger partial charge in [-0.15, -0.1) is 0 Å². The molecule has 0 aliphatic heterocycles. The lowest BCUT2D eigenvalue weighted by molar-refractivity contribution is 0.465. The highest BCUT2D eigenvalue weighted by Gasteiger charge is 2.06. The molecule has 0 aliphatic rings. The number of rotatable bonds is 3. The Morgan fingerprint density at radius 3 is 2.55 bits per heavy atom. The maximum Gasteiger partial charge on any atom is 0.134 e.